The van der Waals surface area contributed by atoms with Gasteiger partial charge < -0.3 is 9.47 Å². The van der Waals surface area contributed by atoms with Crippen LogP contribution in [0.15, 0.2) is 0 Å². The summed E-state index contributed by atoms with van der Waals surface area (Å²) in [6, 6.07) is 0. The third kappa shape index (κ3) is 7.93. The zero-order chi connectivity index (χ0) is 12.1. The number of methoxy groups -OCH3 is 1. The normalized spacial score (nSPS) is 11.3. The summed E-state index contributed by atoms with van der Waals surface area (Å²) in [5, 5.41) is 0. The lowest BCUT2D eigenvalue weighted by Crippen LogP contribution is -2.35. The van der Waals surface area contributed by atoms with E-state index in [9.17, 15) is 9.59 Å². The van der Waals surface area contributed by atoms with E-state index in [-0.39, 0.29) is 25.0 Å². The van der Waals surface area contributed by atoms with Crippen LogP contribution in [0.25, 0.3) is 0 Å². The van der Waals surface area contributed by atoms with Gasteiger partial charge in [-0.3, -0.25) is 14.5 Å². The molecule has 88 valence electrons. The summed E-state index contributed by atoms with van der Waals surface area (Å²) in [6.07, 6.45) is 0. The Hall–Kier alpha value is -1.10. The zero-order valence-electron chi connectivity index (χ0n) is 9.99. The van der Waals surface area contributed by atoms with Crippen LogP contribution in [0, 0.1) is 0 Å². The van der Waals surface area contributed by atoms with Gasteiger partial charge in [0.15, 0.2) is 0 Å². The molecule has 0 aliphatic rings. The van der Waals surface area contributed by atoms with Gasteiger partial charge in [0, 0.05) is 0 Å². The Morgan fingerprint density at radius 2 is 1.60 bits per heavy atom. The van der Waals surface area contributed by atoms with Gasteiger partial charge in [-0.2, -0.15) is 0 Å². The van der Waals surface area contributed by atoms with Gasteiger partial charge in [-0.1, -0.05) is 0 Å². The van der Waals surface area contributed by atoms with E-state index in [0.29, 0.717) is 0 Å². The number of likely N-dealkylation sites (N-methyl/N-ethyl adjacent to an activating group) is 1. The molecule has 0 amide bonds. The number of carbonyl (C=O) groups excluding carboxylic acids is 2. The fourth-order valence-corrected chi connectivity index (χ4v) is 0.935. The monoisotopic (exact) mass is 217 g/mol. The van der Waals surface area contributed by atoms with E-state index in [1.54, 1.807) is 32.7 Å². The number of hydrogen-bond acceptors (Lipinski definition) is 5. The minimum absolute atomic E-state index is 0.0758. The van der Waals surface area contributed by atoms with E-state index in [1.165, 1.54) is 7.11 Å². The van der Waals surface area contributed by atoms with Crippen molar-refractivity contribution < 1.29 is 19.1 Å². The lowest BCUT2D eigenvalue weighted by molar-refractivity contribution is -0.156. The summed E-state index contributed by atoms with van der Waals surface area (Å²) >= 11 is 0. The van der Waals surface area contributed by atoms with Gasteiger partial charge in [-0.25, -0.2) is 0 Å². The van der Waals surface area contributed by atoms with Crippen LogP contribution < -0.4 is 0 Å². The smallest absolute Gasteiger partial charge is 0.320 e. The molecule has 5 heteroatoms. The van der Waals surface area contributed by atoms with Crippen molar-refractivity contribution in [1.29, 1.82) is 0 Å². The van der Waals surface area contributed by atoms with Crippen LogP contribution in [-0.2, 0) is 19.1 Å². The Kier molecular flexibility index (Phi) is 5.28. The van der Waals surface area contributed by atoms with Crippen molar-refractivity contribution in [3.63, 3.8) is 0 Å². The summed E-state index contributed by atoms with van der Waals surface area (Å²) in [5.41, 5.74) is -0.497. The molecule has 0 bridgehead atoms. The van der Waals surface area contributed by atoms with E-state index in [4.69, 9.17) is 4.74 Å². The zero-order valence-corrected chi connectivity index (χ0v) is 9.99. The molecule has 0 aliphatic carbocycles. The molecule has 0 aromatic rings. The van der Waals surface area contributed by atoms with E-state index >= 15 is 0 Å². The highest BCUT2D eigenvalue weighted by Crippen LogP contribution is 2.06. The number of nitrogens with zero attached hydrogens (tertiary/aromatic N) is 1. The summed E-state index contributed by atoms with van der Waals surface area (Å²) in [6.45, 7) is 5.55. The molecule has 5 nitrogen and oxygen atoms in total. The predicted octanol–water partition coefficient (Wildman–Crippen LogP) is 0.433. The van der Waals surface area contributed by atoms with Crippen LogP contribution >= 0.6 is 0 Å². The summed E-state index contributed by atoms with van der Waals surface area (Å²) in [7, 11) is 2.96. The molecule has 0 aromatic heterocycles. The average Bonchev–Trinajstić information content (AvgIpc) is 1.99. The fourth-order valence-electron chi connectivity index (χ4n) is 0.935. The average molecular weight is 217 g/mol. The Morgan fingerprint density at radius 1 is 1.13 bits per heavy atom. The van der Waals surface area contributed by atoms with Gasteiger partial charge in [0.05, 0.1) is 20.2 Å². The van der Waals surface area contributed by atoms with Crippen LogP contribution in [0.4, 0.5) is 0 Å². The van der Waals surface area contributed by atoms with Crippen molar-refractivity contribution in [3.05, 3.63) is 0 Å². The second kappa shape index (κ2) is 5.70. The molecule has 0 radical (unpaired) electrons. The van der Waals surface area contributed by atoms with E-state index in [1.807, 2.05) is 0 Å². The van der Waals surface area contributed by atoms with Crippen LogP contribution in [-0.4, -0.2) is 49.7 Å². The first-order chi connectivity index (χ1) is 6.74. The minimum Gasteiger partial charge on any atom is -0.468 e. The summed E-state index contributed by atoms with van der Waals surface area (Å²) in [4.78, 5) is 23.7. The highest BCUT2D eigenvalue weighted by atomic mass is 16.6. The molecular weight excluding hydrogens is 198 g/mol. The molecule has 0 heterocycles. The standard InChI is InChI=1S/C10H19NO4/c1-10(2,3)15-9(13)7-11(4)6-8(12)14-5/h6-7H2,1-5H3. The van der Waals surface area contributed by atoms with Crippen molar-refractivity contribution in [1.82, 2.24) is 4.90 Å². The van der Waals surface area contributed by atoms with Gasteiger partial charge in [-0.15, -0.1) is 0 Å². The molecule has 0 unspecified atom stereocenters. The SMILES string of the molecule is COC(=O)CN(C)CC(=O)OC(C)(C)C. The first-order valence-corrected chi connectivity index (χ1v) is 4.72. The quantitative estimate of drug-likeness (QED) is 0.639. The number of ether oxygens (including phenoxy) is 2. The topological polar surface area (TPSA) is 55.8 Å². The van der Waals surface area contributed by atoms with Crippen molar-refractivity contribution in [2.75, 3.05) is 27.2 Å². The molecule has 0 aliphatic heterocycles. The fraction of sp³-hybridized carbons (Fsp3) is 0.800. The molecular formula is C10H19NO4. The molecule has 0 fully saturated rings. The van der Waals surface area contributed by atoms with Crippen LogP contribution in [0.3, 0.4) is 0 Å². The number of esters is 2. The van der Waals surface area contributed by atoms with Gasteiger partial charge in [0.2, 0.25) is 0 Å². The molecule has 0 spiro atoms. The van der Waals surface area contributed by atoms with E-state index < -0.39 is 5.60 Å². The third-order valence-electron chi connectivity index (χ3n) is 1.45. The minimum atomic E-state index is -0.497. The van der Waals surface area contributed by atoms with Gasteiger partial charge in [0.1, 0.15) is 5.60 Å². The van der Waals surface area contributed by atoms with Crippen LogP contribution in [0.5, 0.6) is 0 Å². The maximum absolute atomic E-state index is 11.3. The number of hydrogen-bond donors (Lipinski definition) is 0. The Balaban J connectivity index is 3.92. The van der Waals surface area contributed by atoms with Gasteiger partial charge in [0.25, 0.3) is 0 Å². The van der Waals surface area contributed by atoms with Crippen LogP contribution in [0.2, 0.25) is 0 Å². The van der Waals surface area contributed by atoms with Crippen molar-refractivity contribution in [2.24, 2.45) is 0 Å². The maximum atomic E-state index is 11.3. The first kappa shape index (κ1) is 13.9. The molecule has 0 saturated carbocycles. The molecule has 15 heavy (non-hydrogen) atoms. The lowest BCUT2D eigenvalue weighted by Gasteiger charge is -2.21. The van der Waals surface area contributed by atoms with E-state index in [2.05, 4.69) is 4.74 Å². The second-order valence-electron chi connectivity index (χ2n) is 4.33. The molecule has 0 N–H and O–H groups in total. The lowest BCUT2D eigenvalue weighted by atomic mass is 10.2. The Labute approximate surface area is 90.3 Å². The van der Waals surface area contributed by atoms with Crippen molar-refractivity contribution >= 4 is 11.9 Å². The van der Waals surface area contributed by atoms with Gasteiger partial charge in [-0.05, 0) is 27.8 Å². The largest absolute Gasteiger partial charge is 0.468 e. The number of carbonyl (C=O) groups is 2. The predicted molar refractivity (Wildman–Crippen MR) is 55.4 cm³/mol. The molecule has 0 saturated heterocycles. The van der Waals surface area contributed by atoms with Crippen LogP contribution in [0.1, 0.15) is 20.8 Å². The summed E-state index contributed by atoms with van der Waals surface area (Å²) in [5.74, 6) is -0.727. The first-order valence-electron chi connectivity index (χ1n) is 4.72. The van der Waals surface area contributed by atoms with Crippen molar-refractivity contribution in [2.45, 2.75) is 26.4 Å². The number of rotatable bonds is 4. The Morgan fingerprint density at radius 3 is 2.00 bits per heavy atom. The highest BCUT2D eigenvalue weighted by molar-refractivity contribution is 5.75. The molecule has 0 atom stereocenters. The second-order valence-corrected chi connectivity index (χ2v) is 4.33. The van der Waals surface area contributed by atoms with Gasteiger partial charge >= 0.3 is 11.9 Å². The van der Waals surface area contributed by atoms with Crippen molar-refractivity contribution in [3.8, 4) is 0 Å². The summed E-state index contributed by atoms with van der Waals surface area (Å²) < 4.78 is 9.56. The van der Waals surface area contributed by atoms with E-state index in [0.717, 1.165) is 0 Å². The Bertz CT molecular complexity index is 232. The maximum Gasteiger partial charge on any atom is 0.320 e. The third-order valence-corrected chi connectivity index (χ3v) is 1.45. The molecule has 0 aromatic carbocycles. The molecule has 0 rings (SSSR count). The highest BCUT2D eigenvalue weighted by Gasteiger charge is 2.18.